The Bertz CT molecular complexity index is 820. The van der Waals surface area contributed by atoms with E-state index in [1.165, 1.54) is 6.07 Å². The average Bonchev–Trinajstić information content (AvgIpc) is 2.86. The maximum Gasteiger partial charge on any atom is 0.195 e. The van der Waals surface area contributed by atoms with Gasteiger partial charge in [0, 0.05) is 28.2 Å². The Kier molecular flexibility index (Phi) is 2.86. The van der Waals surface area contributed by atoms with E-state index in [4.69, 9.17) is 0 Å². The molecule has 0 bridgehead atoms. The molecule has 2 nitrogen and oxygen atoms in total. The van der Waals surface area contributed by atoms with Crippen LogP contribution in [0.1, 0.15) is 21.5 Å². The largest absolute Gasteiger partial charge is 0.360 e. The lowest BCUT2D eigenvalue weighted by Crippen LogP contribution is -2.02. The molecule has 1 N–H and O–H groups in total. The molecular formula is C16H11F2NO. The van der Waals surface area contributed by atoms with Crippen molar-refractivity contribution in [2.24, 2.45) is 0 Å². The summed E-state index contributed by atoms with van der Waals surface area (Å²) >= 11 is 0. The van der Waals surface area contributed by atoms with Crippen LogP contribution in [0.5, 0.6) is 0 Å². The summed E-state index contributed by atoms with van der Waals surface area (Å²) in [5, 5.41) is 0.808. The molecule has 0 radical (unpaired) electrons. The van der Waals surface area contributed by atoms with Crippen molar-refractivity contribution in [1.29, 1.82) is 0 Å². The number of carbonyl (C=O) groups excluding carboxylic acids is 1. The maximum atomic E-state index is 13.2. The quantitative estimate of drug-likeness (QED) is 0.702. The Hall–Kier alpha value is -2.49. The monoisotopic (exact) mass is 271 g/mol. The summed E-state index contributed by atoms with van der Waals surface area (Å²) in [4.78, 5) is 15.4. The van der Waals surface area contributed by atoms with Gasteiger partial charge in [-0.1, -0.05) is 12.1 Å². The van der Waals surface area contributed by atoms with Gasteiger partial charge in [0.1, 0.15) is 0 Å². The highest BCUT2D eigenvalue weighted by atomic mass is 19.2. The molecule has 0 unspecified atom stereocenters. The summed E-state index contributed by atoms with van der Waals surface area (Å²) in [5.41, 5.74) is 2.39. The van der Waals surface area contributed by atoms with Gasteiger partial charge >= 0.3 is 0 Å². The van der Waals surface area contributed by atoms with Gasteiger partial charge < -0.3 is 4.98 Å². The van der Waals surface area contributed by atoms with Crippen molar-refractivity contribution in [3.8, 4) is 0 Å². The Morgan fingerprint density at radius 1 is 1.10 bits per heavy atom. The number of nitrogens with one attached hydrogen (secondary N) is 1. The van der Waals surface area contributed by atoms with E-state index in [1.54, 1.807) is 6.20 Å². The van der Waals surface area contributed by atoms with Crippen molar-refractivity contribution in [2.75, 3.05) is 0 Å². The highest BCUT2D eigenvalue weighted by Gasteiger charge is 2.16. The third-order valence-electron chi connectivity index (χ3n) is 3.34. The molecule has 0 amide bonds. The number of carbonyl (C=O) groups is 1. The lowest BCUT2D eigenvalue weighted by atomic mass is 10.00. The Balaban J connectivity index is 2.15. The third-order valence-corrected chi connectivity index (χ3v) is 3.34. The van der Waals surface area contributed by atoms with Crippen LogP contribution in [-0.2, 0) is 0 Å². The molecule has 100 valence electrons. The van der Waals surface area contributed by atoms with Gasteiger partial charge in [0.05, 0.1) is 0 Å². The van der Waals surface area contributed by atoms with E-state index in [0.29, 0.717) is 5.56 Å². The Morgan fingerprint density at radius 3 is 2.65 bits per heavy atom. The SMILES string of the molecule is Cc1cccc2[nH]cc(C(=O)c3ccc(F)c(F)c3)c12. The van der Waals surface area contributed by atoms with Gasteiger partial charge in [-0.05, 0) is 36.8 Å². The molecule has 0 saturated heterocycles. The Morgan fingerprint density at radius 2 is 1.90 bits per heavy atom. The van der Waals surface area contributed by atoms with Crippen LogP contribution in [0.25, 0.3) is 10.9 Å². The topological polar surface area (TPSA) is 32.9 Å². The summed E-state index contributed by atoms with van der Waals surface area (Å²) in [6.45, 7) is 1.90. The van der Waals surface area contributed by atoms with Crippen molar-refractivity contribution in [2.45, 2.75) is 6.92 Å². The molecule has 3 aromatic rings. The van der Waals surface area contributed by atoms with Gasteiger partial charge in [0.25, 0.3) is 0 Å². The molecule has 0 atom stereocenters. The molecule has 0 aliphatic carbocycles. The van der Waals surface area contributed by atoms with Gasteiger partial charge in [-0.25, -0.2) is 8.78 Å². The van der Waals surface area contributed by atoms with Crippen molar-refractivity contribution < 1.29 is 13.6 Å². The van der Waals surface area contributed by atoms with Gasteiger partial charge in [-0.15, -0.1) is 0 Å². The van der Waals surface area contributed by atoms with E-state index in [9.17, 15) is 13.6 Å². The van der Waals surface area contributed by atoms with E-state index in [0.717, 1.165) is 28.6 Å². The first-order chi connectivity index (χ1) is 9.58. The molecular weight excluding hydrogens is 260 g/mol. The molecule has 0 aliphatic heterocycles. The predicted molar refractivity (Wildman–Crippen MR) is 72.8 cm³/mol. The number of fused-ring (bicyclic) bond motifs is 1. The van der Waals surface area contributed by atoms with E-state index in [2.05, 4.69) is 4.98 Å². The number of aromatic amines is 1. The smallest absolute Gasteiger partial charge is 0.195 e. The first-order valence-corrected chi connectivity index (χ1v) is 6.14. The van der Waals surface area contributed by atoms with E-state index in [1.807, 2.05) is 25.1 Å². The van der Waals surface area contributed by atoms with Crippen LogP contribution < -0.4 is 0 Å². The molecule has 0 fully saturated rings. The summed E-state index contributed by atoms with van der Waals surface area (Å²) in [5.74, 6) is -2.31. The van der Waals surface area contributed by atoms with Crippen LogP contribution in [0.2, 0.25) is 0 Å². The van der Waals surface area contributed by atoms with Crippen LogP contribution in [0.15, 0.2) is 42.6 Å². The van der Waals surface area contributed by atoms with Crippen LogP contribution in [0.4, 0.5) is 8.78 Å². The Labute approximate surface area is 114 Å². The zero-order chi connectivity index (χ0) is 14.3. The lowest BCUT2D eigenvalue weighted by Gasteiger charge is -2.03. The van der Waals surface area contributed by atoms with Gasteiger partial charge in [-0.2, -0.15) is 0 Å². The molecule has 0 saturated carbocycles. The molecule has 1 heterocycles. The van der Waals surface area contributed by atoms with Crippen LogP contribution in [0, 0.1) is 18.6 Å². The standard InChI is InChI=1S/C16H11F2NO/c1-9-3-2-4-14-15(9)11(8-19-14)16(20)10-5-6-12(17)13(18)7-10/h2-8,19H,1H3. The number of aromatic nitrogens is 1. The van der Waals surface area contributed by atoms with E-state index < -0.39 is 11.6 Å². The number of hydrogen-bond acceptors (Lipinski definition) is 1. The number of benzene rings is 2. The second-order valence-corrected chi connectivity index (χ2v) is 4.66. The molecule has 0 aliphatic rings. The number of H-pyrrole nitrogens is 1. The van der Waals surface area contributed by atoms with Crippen LogP contribution in [-0.4, -0.2) is 10.8 Å². The van der Waals surface area contributed by atoms with E-state index >= 15 is 0 Å². The molecule has 1 aromatic heterocycles. The van der Waals surface area contributed by atoms with Crippen molar-refractivity contribution >= 4 is 16.7 Å². The third kappa shape index (κ3) is 1.90. The highest BCUT2D eigenvalue weighted by molar-refractivity contribution is 6.16. The zero-order valence-electron chi connectivity index (χ0n) is 10.7. The van der Waals surface area contributed by atoms with Crippen molar-refractivity contribution in [3.63, 3.8) is 0 Å². The normalized spacial score (nSPS) is 10.9. The second kappa shape index (κ2) is 4.56. The first kappa shape index (κ1) is 12.5. The van der Waals surface area contributed by atoms with Gasteiger partial charge in [0.2, 0.25) is 0 Å². The van der Waals surface area contributed by atoms with Crippen molar-refractivity contribution in [3.05, 3.63) is 70.9 Å². The minimum absolute atomic E-state index is 0.132. The van der Waals surface area contributed by atoms with Crippen LogP contribution in [0.3, 0.4) is 0 Å². The number of aryl methyl sites for hydroxylation is 1. The average molecular weight is 271 g/mol. The predicted octanol–water partition coefficient (Wildman–Crippen LogP) is 3.99. The molecule has 20 heavy (non-hydrogen) atoms. The summed E-state index contributed by atoms with van der Waals surface area (Å²) in [6.07, 6.45) is 1.60. The van der Waals surface area contributed by atoms with Gasteiger partial charge in [0.15, 0.2) is 17.4 Å². The molecule has 0 spiro atoms. The zero-order valence-corrected chi connectivity index (χ0v) is 10.7. The fourth-order valence-electron chi connectivity index (χ4n) is 2.34. The number of rotatable bonds is 2. The molecule has 2 aromatic carbocycles. The summed E-state index contributed by atoms with van der Waals surface area (Å²) in [7, 11) is 0. The highest BCUT2D eigenvalue weighted by Crippen LogP contribution is 2.24. The fourth-order valence-corrected chi connectivity index (χ4v) is 2.34. The number of halogens is 2. The van der Waals surface area contributed by atoms with E-state index in [-0.39, 0.29) is 11.3 Å². The van der Waals surface area contributed by atoms with Gasteiger partial charge in [-0.3, -0.25) is 4.79 Å². The molecule has 3 rings (SSSR count). The lowest BCUT2D eigenvalue weighted by molar-refractivity contribution is 0.103. The maximum absolute atomic E-state index is 13.2. The minimum atomic E-state index is -1.02. The fraction of sp³-hybridized carbons (Fsp3) is 0.0625. The first-order valence-electron chi connectivity index (χ1n) is 6.14. The second-order valence-electron chi connectivity index (χ2n) is 4.66. The number of hydrogen-bond donors (Lipinski definition) is 1. The minimum Gasteiger partial charge on any atom is -0.360 e. The summed E-state index contributed by atoms with van der Waals surface area (Å²) < 4.78 is 26.2. The van der Waals surface area contributed by atoms with Crippen LogP contribution >= 0.6 is 0 Å². The summed E-state index contributed by atoms with van der Waals surface area (Å²) in [6, 6.07) is 8.83. The number of ketones is 1. The van der Waals surface area contributed by atoms with Crippen molar-refractivity contribution in [1.82, 2.24) is 4.98 Å². The molecule has 4 heteroatoms.